The molecule has 0 amide bonds. The number of hydrogen-bond donors (Lipinski definition) is 0. The number of hydrogen-bond acceptors (Lipinski definition) is 8. The molecule has 14 heteroatoms. The molecule has 0 spiro atoms. The predicted octanol–water partition coefficient (Wildman–Crippen LogP) is 11.3. The van der Waals surface area contributed by atoms with Crippen LogP contribution in [0.25, 0.3) is 0 Å². The molecule has 0 saturated heterocycles. The van der Waals surface area contributed by atoms with E-state index in [0.717, 1.165) is 29.8 Å². The van der Waals surface area contributed by atoms with E-state index >= 15 is 0 Å². The van der Waals surface area contributed by atoms with Crippen LogP contribution in [-0.2, 0) is 0 Å². The predicted molar refractivity (Wildman–Crippen MR) is 145 cm³/mol. The van der Waals surface area contributed by atoms with E-state index in [1.165, 1.54) is 33.3 Å². The molecule has 5 rings (SSSR count). The van der Waals surface area contributed by atoms with E-state index < -0.39 is 22.2 Å². The lowest BCUT2D eigenvalue weighted by Gasteiger charge is -2.13. The lowest BCUT2D eigenvalue weighted by Crippen LogP contribution is -2.16. The summed E-state index contributed by atoms with van der Waals surface area (Å²) in [6.07, 6.45) is 4.10. The Kier molecular flexibility index (Phi) is 7.80. The van der Waals surface area contributed by atoms with Crippen molar-refractivity contribution >= 4 is 94.1 Å². The molecule has 0 aromatic carbocycles. The molecule has 34 heavy (non-hydrogen) atoms. The maximum Gasteiger partial charge on any atom is 0.423 e. The van der Waals surface area contributed by atoms with Crippen molar-refractivity contribution in [3.05, 3.63) is 81.5 Å². The van der Waals surface area contributed by atoms with Gasteiger partial charge in [0, 0.05) is 0 Å². The summed E-state index contributed by atoms with van der Waals surface area (Å²) < 4.78 is 84.0. The minimum absolute atomic E-state index is 0.0455. The monoisotopic (exact) mass is 620 g/mol. The lowest BCUT2D eigenvalue weighted by atomic mass is 10.4. The quantitative estimate of drug-likeness (QED) is 0.281. The van der Waals surface area contributed by atoms with Gasteiger partial charge < -0.3 is 0 Å². The summed E-state index contributed by atoms with van der Waals surface area (Å²) in [6.45, 7) is 0. The summed E-state index contributed by atoms with van der Waals surface area (Å²) >= 11 is 9.42. The summed E-state index contributed by atoms with van der Waals surface area (Å²) in [5.74, 6) is 0. The zero-order valence-corrected chi connectivity index (χ0v) is 22.9. The molecule has 0 atom stereocenters. The third-order valence-electron chi connectivity index (χ3n) is 4.27. The Balaban J connectivity index is 1.33. The van der Waals surface area contributed by atoms with Crippen LogP contribution in [0.15, 0.2) is 81.5 Å². The molecule has 0 aromatic rings. The number of rotatable bonds is 4. The summed E-state index contributed by atoms with van der Waals surface area (Å²) in [5.41, 5.74) is 0. The van der Waals surface area contributed by atoms with Crippen molar-refractivity contribution in [2.45, 2.75) is 25.2 Å². The van der Waals surface area contributed by atoms with Crippen molar-refractivity contribution < 1.29 is 26.3 Å². The van der Waals surface area contributed by atoms with Gasteiger partial charge >= 0.3 is 12.4 Å². The molecule has 0 saturated carbocycles. The van der Waals surface area contributed by atoms with Crippen molar-refractivity contribution in [3.63, 3.8) is 0 Å². The molecule has 3 heterocycles. The minimum Gasteiger partial charge on any atom is -0.166 e. The van der Waals surface area contributed by atoms with Gasteiger partial charge in [0.05, 0.1) is 25.4 Å². The molecule has 5 aliphatic rings. The van der Waals surface area contributed by atoms with Crippen LogP contribution < -0.4 is 0 Å². The van der Waals surface area contributed by atoms with Crippen LogP contribution in [0.3, 0.4) is 0 Å². The third-order valence-corrected chi connectivity index (χ3v) is 16.0. The zero-order valence-electron chi connectivity index (χ0n) is 16.4. The highest BCUT2D eigenvalue weighted by atomic mass is 32.3. The highest BCUT2D eigenvalue weighted by Gasteiger charge is 2.51. The van der Waals surface area contributed by atoms with Gasteiger partial charge in [-0.05, 0) is 22.7 Å². The number of thioether (sulfide) groups is 8. The Morgan fingerprint density at radius 3 is 1.41 bits per heavy atom. The van der Waals surface area contributed by atoms with Crippen molar-refractivity contribution in [1.29, 1.82) is 0 Å². The molecule has 0 unspecified atom stereocenters. The molecule has 0 fully saturated rings. The van der Waals surface area contributed by atoms with E-state index in [2.05, 4.69) is 24.3 Å². The molecule has 0 radical (unpaired) electrons. The maximum absolute atomic E-state index is 13.2. The van der Waals surface area contributed by atoms with Crippen molar-refractivity contribution in [2.24, 2.45) is 0 Å². The van der Waals surface area contributed by atoms with Gasteiger partial charge in [-0.1, -0.05) is 131 Å². The first kappa shape index (κ1) is 25.9. The van der Waals surface area contributed by atoms with Crippen LogP contribution in [0, 0.1) is 0 Å². The fraction of sp³-hybridized carbons (Fsp3) is 0.200. The average Bonchev–Trinajstić information content (AvgIpc) is 3.53. The molecule has 0 N–H and O–H groups in total. The second kappa shape index (κ2) is 10.2. The molecule has 0 bridgehead atoms. The molecular formula is C20H10F6S8. The van der Waals surface area contributed by atoms with E-state index in [1.807, 2.05) is 12.2 Å². The summed E-state index contributed by atoms with van der Waals surface area (Å²) in [4.78, 5) is -0.675. The molecule has 0 aromatic heterocycles. The topological polar surface area (TPSA) is 0 Å². The summed E-state index contributed by atoms with van der Waals surface area (Å²) in [7, 11) is 0. The third kappa shape index (κ3) is 5.73. The number of alkyl halides is 6. The van der Waals surface area contributed by atoms with Gasteiger partial charge in [-0.15, -0.1) is 0 Å². The number of allylic oxidation sites excluding steroid dienone is 10. The van der Waals surface area contributed by atoms with Gasteiger partial charge in [0.15, 0.2) is 0 Å². The highest BCUT2D eigenvalue weighted by Crippen LogP contribution is 2.72. The first-order valence-electron chi connectivity index (χ1n) is 9.33. The maximum atomic E-state index is 13.2. The van der Waals surface area contributed by atoms with Crippen molar-refractivity contribution in [1.82, 2.24) is 0 Å². The van der Waals surface area contributed by atoms with E-state index in [1.54, 1.807) is 47.0 Å². The van der Waals surface area contributed by atoms with Crippen LogP contribution >= 0.6 is 94.1 Å². The van der Waals surface area contributed by atoms with Crippen LogP contribution in [0.1, 0.15) is 12.8 Å². The van der Waals surface area contributed by atoms with Crippen LogP contribution in [0.4, 0.5) is 26.3 Å². The van der Waals surface area contributed by atoms with E-state index in [9.17, 15) is 26.3 Å². The van der Waals surface area contributed by atoms with Gasteiger partial charge in [0.1, 0.15) is 9.81 Å². The first-order chi connectivity index (χ1) is 16.1. The van der Waals surface area contributed by atoms with Crippen molar-refractivity contribution in [2.75, 3.05) is 0 Å². The summed E-state index contributed by atoms with van der Waals surface area (Å²) in [6, 6.07) is 0. The Morgan fingerprint density at radius 1 is 0.618 bits per heavy atom. The standard InChI is InChI=1S/C20H10F6S8/c21-19(22,23)11-12(20(24,25)26)30-14(29-11)16-33-17-18(34-16)32-15(31-17)13(27-9-5-1-2-6-9)28-10-7-3-4-8-10/h1-5,7H,6,8H2. The van der Waals surface area contributed by atoms with E-state index in [-0.39, 0.29) is 27.8 Å². The van der Waals surface area contributed by atoms with E-state index in [4.69, 9.17) is 0 Å². The van der Waals surface area contributed by atoms with Crippen LogP contribution in [-0.4, -0.2) is 12.4 Å². The fourth-order valence-corrected chi connectivity index (χ4v) is 14.7. The van der Waals surface area contributed by atoms with Gasteiger partial charge in [-0.3, -0.25) is 0 Å². The normalized spacial score (nSPS) is 22.6. The molecule has 180 valence electrons. The van der Waals surface area contributed by atoms with E-state index in [0.29, 0.717) is 4.24 Å². The highest BCUT2D eigenvalue weighted by molar-refractivity contribution is 8.49. The van der Waals surface area contributed by atoms with Crippen LogP contribution in [0.5, 0.6) is 0 Å². The Morgan fingerprint density at radius 2 is 1.03 bits per heavy atom. The van der Waals surface area contributed by atoms with Crippen LogP contribution in [0.2, 0.25) is 0 Å². The minimum atomic E-state index is -5.04. The lowest BCUT2D eigenvalue weighted by molar-refractivity contribution is -0.103. The molecule has 3 aliphatic heterocycles. The second-order valence-corrected chi connectivity index (χ2v) is 16.7. The smallest absolute Gasteiger partial charge is 0.166 e. The van der Waals surface area contributed by atoms with Crippen molar-refractivity contribution in [3.8, 4) is 0 Å². The molecular weight excluding hydrogens is 611 g/mol. The first-order valence-corrected chi connectivity index (χ1v) is 15.9. The second-order valence-electron chi connectivity index (χ2n) is 6.73. The molecule has 0 nitrogen and oxygen atoms in total. The average molecular weight is 621 g/mol. The number of halogens is 6. The largest absolute Gasteiger partial charge is 0.423 e. The van der Waals surface area contributed by atoms with Gasteiger partial charge in [0.25, 0.3) is 0 Å². The zero-order chi connectivity index (χ0) is 24.1. The SMILES string of the molecule is FC(F)(F)C1=C(C(F)(F)F)SC(=C2SC3=C(SC(=C(SC4=CC=CC4)SC4=CC=CC4)S3)S2)S1. The Labute approximate surface area is 225 Å². The fourth-order valence-electron chi connectivity index (χ4n) is 2.86. The van der Waals surface area contributed by atoms with Gasteiger partial charge in [-0.25, -0.2) is 0 Å². The van der Waals surface area contributed by atoms with Gasteiger partial charge in [0.2, 0.25) is 0 Å². The summed E-state index contributed by atoms with van der Waals surface area (Å²) in [5, 5.41) is 0. The van der Waals surface area contributed by atoms with Gasteiger partial charge in [-0.2, -0.15) is 26.3 Å². The molecule has 2 aliphatic carbocycles. The Bertz CT molecular complexity index is 1090. The Hall–Kier alpha value is 0.300.